The topological polar surface area (TPSA) is 86.8 Å². The number of anilines is 1. The molecule has 0 saturated carbocycles. The molecule has 3 aromatic rings. The van der Waals surface area contributed by atoms with E-state index in [1.165, 1.54) is 11.9 Å². The summed E-state index contributed by atoms with van der Waals surface area (Å²) in [6.45, 7) is -0.601. The lowest BCUT2D eigenvalue weighted by Gasteiger charge is -2.33. The fourth-order valence-electron chi connectivity index (χ4n) is 3.80. The van der Waals surface area contributed by atoms with Crippen LogP contribution < -0.4 is 9.62 Å². The first-order valence-corrected chi connectivity index (χ1v) is 14.9. The van der Waals surface area contributed by atoms with Gasteiger partial charge in [0.1, 0.15) is 12.6 Å². The second-order valence-corrected chi connectivity index (χ2v) is 12.3. The molecule has 11 heteroatoms. The molecule has 196 valence electrons. The van der Waals surface area contributed by atoms with Crippen molar-refractivity contribution in [2.45, 2.75) is 19.0 Å². The second kappa shape index (κ2) is 12.9. The van der Waals surface area contributed by atoms with Gasteiger partial charge in [-0.15, -0.1) is 0 Å². The first-order valence-electron chi connectivity index (χ1n) is 11.2. The molecule has 0 unspecified atom stereocenters. The fourth-order valence-corrected chi connectivity index (χ4v) is 5.52. The average Bonchev–Trinajstić information content (AvgIpc) is 2.86. The quantitative estimate of drug-likeness (QED) is 0.315. The Hall–Kier alpha value is -2.34. The van der Waals surface area contributed by atoms with Crippen LogP contribution in [-0.4, -0.2) is 51.0 Å². The van der Waals surface area contributed by atoms with Crippen LogP contribution in [0.1, 0.15) is 11.1 Å². The van der Waals surface area contributed by atoms with Crippen LogP contribution in [0.5, 0.6) is 0 Å². The summed E-state index contributed by atoms with van der Waals surface area (Å²) >= 11 is 14.9. The maximum atomic E-state index is 13.9. The number of carbonyl (C=O) groups is 2. The number of hydrogen-bond acceptors (Lipinski definition) is 4. The van der Waals surface area contributed by atoms with Gasteiger partial charge in [-0.3, -0.25) is 13.9 Å². The van der Waals surface area contributed by atoms with Crippen molar-refractivity contribution in [3.8, 4) is 0 Å². The minimum Gasteiger partial charge on any atom is -0.357 e. The number of sulfonamides is 1. The molecule has 0 aliphatic carbocycles. The SMILES string of the molecule is CNC(=O)[C@H](Cc1ccccc1)N(Cc1c(Cl)cccc1Cl)C(=O)CN(c1ccc(I)cc1)S(C)(=O)=O. The summed E-state index contributed by atoms with van der Waals surface area (Å²) in [6.07, 6.45) is 1.24. The molecular formula is C26H26Cl2IN3O4S. The van der Waals surface area contributed by atoms with Gasteiger partial charge in [-0.1, -0.05) is 59.6 Å². The molecule has 7 nitrogen and oxygen atoms in total. The van der Waals surface area contributed by atoms with Crippen molar-refractivity contribution in [3.63, 3.8) is 0 Å². The number of halogens is 3. The largest absolute Gasteiger partial charge is 0.357 e. The Morgan fingerprint density at radius 2 is 1.54 bits per heavy atom. The van der Waals surface area contributed by atoms with E-state index in [1.54, 1.807) is 42.5 Å². The maximum Gasteiger partial charge on any atom is 0.244 e. The van der Waals surface area contributed by atoms with Crippen molar-refractivity contribution in [1.29, 1.82) is 0 Å². The third-order valence-electron chi connectivity index (χ3n) is 5.70. The van der Waals surface area contributed by atoms with Crippen molar-refractivity contribution in [1.82, 2.24) is 10.2 Å². The molecule has 3 rings (SSSR count). The lowest BCUT2D eigenvalue weighted by atomic mass is 10.0. The van der Waals surface area contributed by atoms with E-state index in [1.807, 2.05) is 30.3 Å². The van der Waals surface area contributed by atoms with E-state index in [-0.39, 0.29) is 13.0 Å². The van der Waals surface area contributed by atoms with Crippen LogP contribution in [0.15, 0.2) is 72.8 Å². The molecule has 2 amide bonds. The van der Waals surface area contributed by atoms with Crippen LogP contribution in [0.3, 0.4) is 0 Å². The molecule has 0 radical (unpaired) electrons. The van der Waals surface area contributed by atoms with Crippen LogP contribution >= 0.6 is 45.8 Å². The summed E-state index contributed by atoms with van der Waals surface area (Å²) < 4.78 is 27.4. The van der Waals surface area contributed by atoms with Crippen LogP contribution in [0.2, 0.25) is 10.0 Å². The summed E-state index contributed by atoms with van der Waals surface area (Å²) in [5.41, 5.74) is 1.63. The molecule has 0 fully saturated rings. The highest BCUT2D eigenvalue weighted by atomic mass is 127. The van der Waals surface area contributed by atoms with Crippen molar-refractivity contribution < 1.29 is 18.0 Å². The van der Waals surface area contributed by atoms with Crippen LogP contribution in [0.4, 0.5) is 5.69 Å². The Balaban J connectivity index is 2.06. The molecule has 37 heavy (non-hydrogen) atoms. The van der Waals surface area contributed by atoms with Gasteiger partial charge in [-0.2, -0.15) is 0 Å². The molecule has 0 saturated heterocycles. The van der Waals surface area contributed by atoms with Gasteiger partial charge in [0.2, 0.25) is 21.8 Å². The standard InChI is InChI=1S/C26H26Cl2IN3O4S/c1-30-26(34)24(15-18-7-4-3-5-8-18)31(16-21-22(27)9-6-10-23(21)28)25(33)17-32(37(2,35)36)20-13-11-19(29)12-14-20/h3-14,24H,15-17H2,1-2H3,(H,30,34)/t24-/m0/s1. The van der Waals surface area contributed by atoms with E-state index in [4.69, 9.17) is 23.2 Å². The molecular weight excluding hydrogens is 648 g/mol. The fraction of sp³-hybridized carbons (Fsp3) is 0.231. The van der Waals surface area contributed by atoms with Gasteiger partial charge in [0.25, 0.3) is 0 Å². The monoisotopic (exact) mass is 673 g/mol. The van der Waals surface area contributed by atoms with Crippen LogP contribution in [0.25, 0.3) is 0 Å². The van der Waals surface area contributed by atoms with Gasteiger partial charge >= 0.3 is 0 Å². The molecule has 0 heterocycles. The summed E-state index contributed by atoms with van der Waals surface area (Å²) in [7, 11) is -2.34. The Morgan fingerprint density at radius 3 is 2.08 bits per heavy atom. The van der Waals surface area contributed by atoms with Gasteiger partial charge < -0.3 is 10.2 Å². The molecule has 0 aromatic heterocycles. The van der Waals surface area contributed by atoms with E-state index >= 15 is 0 Å². The van der Waals surface area contributed by atoms with Gasteiger partial charge in [-0.05, 0) is 64.6 Å². The van der Waals surface area contributed by atoms with Gasteiger partial charge in [0, 0.05) is 39.2 Å². The number of carbonyl (C=O) groups excluding carboxylic acids is 2. The third-order valence-corrected chi connectivity index (χ3v) is 8.27. The van der Waals surface area contributed by atoms with Crippen molar-refractivity contribution >= 4 is 73.3 Å². The van der Waals surface area contributed by atoms with Gasteiger partial charge in [-0.25, -0.2) is 8.42 Å². The van der Waals surface area contributed by atoms with E-state index in [0.717, 1.165) is 19.7 Å². The minimum absolute atomic E-state index is 0.0907. The smallest absolute Gasteiger partial charge is 0.244 e. The van der Waals surface area contributed by atoms with E-state index in [9.17, 15) is 18.0 Å². The Bertz CT molecular complexity index is 1340. The summed E-state index contributed by atoms with van der Waals surface area (Å²) in [5, 5.41) is 3.29. The molecule has 0 bridgehead atoms. The zero-order chi connectivity index (χ0) is 27.2. The minimum atomic E-state index is -3.83. The molecule has 1 atom stereocenters. The molecule has 1 N–H and O–H groups in total. The number of rotatable bonds is 10. The summed E-state index contributed by atoms with van der Waals surface area (Å²) in [5.74, 6) is -0.981. The highest BCUT2D eigenvalue weighted by molar-refractivity contribution is 14.1. The summed E-state index contributed by atoms with van der Waals surface area (Å²) in [4.78, 5) is 28.3. The molecule has 0 aliphatic heterocycles. The zero-order valence-corrected chi connectivity index (χ0v) is 24.7. The molecule has 0 spiro atoms. The van der Waals surface area contributed by atoms with E-state index < -0.39 is 34.4 Å². The first-order chi connectivity index (χ1) is 17.5. The van der Waals surface area contributed by atoms with E-state index in [0.29, 0.717) is 21.3 Å². The highest BCUT2D eigenvalue weighted by Crippen LogP contribution is 2.28. The Morgan fingerprint density at radius 1 is 0.946 bits per heavy atom. The maximum absolute atomic E-state index is 13.9. The zero-order valence-electron chi connectivity index (χ0n) is 20.2. The number of likely N-dealkylation sites (N-methyl/N-ethyl adjacent to an activating group) is 1. The predicted molar refractivity (Wildman–Crippen MR) is 156 cm³/mol. The second-order valence-electron chi connectivity index (χ2n) is 8.29. The number of nitrogens with one attached hydrogen (secondary N) is 1. The average molecular weight is 674 g/mol. The molecule has 3 aromatic carbocycles. The Labute approximate surface area is 240 Å². The lowest BCUT2D eigenvalue weighted by Crippen LogP contribution is -2.53. The number of nitrogens with zero attached hydrogens (tertiary/aromatic N) is 2. The third kappa shape index (κ3) is 7.83. The van der Waals surface area contributed by atoms with Crippen molar-refractivity contribution in [3.05, 3.63) is 97.5 Å². The lowest BCUT2D eigenvalue weighted by molar-refractivity contribution is -0.139. The summed E-state index contributed by atoms with van der Waals surface area (Å²) in [6, 6.07) is 20.0. The van der Waals surface area contributed by atoms with Crippen LogP contribution in [0, 0.1) is 3.57 Å². The Kier molecular flexibility index (Phi) is 10.2. The number of benzene rings is 3. The molecule has 0 aliphatic rings. The predicted octanol–water partition coefficient (Wildman–Crippen LogP) is 4.75. The normalized spacial score (nSPS) is 12.0. The van der Waals surface area contributed by atoms with E-state index in [2.05, 4.69) is 27.9 Å². The number of hydrogen-bond donors (Lipinski definition) is 1. The number of amides is 2. The van der Waals surface area contributed by atoms with Crippen molar-refractivity contribution in [2.24, 2.45) is 0 Å². The van der Waals surface area contributed by atoms with Gasteiger partial charge in [0.05, 0.1) is 11.9 Å². The first kappa shape index (κ1) is 29.2. The highest BCUT2D eigenvalue weighted by Gasteiger charge is 2.33. The van der Waals surface area contributed by atoms with Crippen LogP contribution in [-0.2, 0) is 32.6 Å². The van der Waals surface area contributed by atoms with Gasteiger partial charge in [0.15, 0.2) is 0 Å². The van der Waals surface area contributed by atoms with Crippen molar-refractivity contribution in [2.75, 3.05) is 24.2 Å².